The van der Waals surface area contributed by atoms with Gasteiger partial charge in [-0.05, 0) is 18.6 Å². The Morgan fingerprint density at radius 3 is 2.52 bits per heavy atom. The quantitative estimate of drug-likeness (QED) is 0.874. The molecule has 21 heavy (non-hydrogen) atoms. The highest BCUT2D eigenvalue weighted by atomic mass is 19.2. The summed E-state index contributed by atoms with van der Waals surface area (Å²) in [5, 5.41) is 2.61. The molecule has 1 aromatic rings. The number of amides is 1. The Hall–Kier alpha value is -1.49. The third-order valence-corrected chi connectivity index (χ3v) is 3.99. The number of nitrogens with one attached hydrogen (secondary N) is 2. The van der Waals surface area contributed by atoms with Gasteiger partial charge >= 0.3 is 0 Å². The smallest absolute Gasteiger partial charge is 0.230 e. The van der Waals surface area contributed by atoms with E-state index in [0.29, 0.717) is 23.9 Å². The number of benzene rings is 1. The van der Waals surface area contributed by atoms with Crippen LogP contribution in [-0.4, -0.2) is 25.5 Å². The maximum absolute atomic E-state index is 13.1. The van der Waals surface area contributed by atoms with Gasteiger partial charge in [-0.15, -0.1) is 0 Å². The van der Waals surface area contributed by atoms with Crippen LogP contribution in [0.5, 0.6) is 0 Å². The molecule has 0 radical (unpaired) electrons. The second-order valence-electron chi connectivity index (χ2n) is 6.28. The Labute approximate surface area is 124 Å². The van der Waals surface area contributed by atoms with Gasteiger partial charge in [-0.1, -0.05) is 13.8 Å². The molecule has 0 aromatic heterocycles. The van der Waals surface area contributed by atoms with E-state index in [1.165, 1.54) is 17.4 Å². The lowest BCUT2D eigenvalue weighted by Crippen LogP contribution is -3.14. The first-order chi connectivity index (χ1) is 9.94. The van der Waals surface area contributed by atoms with Crippen molar-refractivity contribution >= 4 is 11.6 Å². The highest BCUT2D eigenvalue weighted by molar-refractivity contribution is 5.90. The van der Waals surface area contributed by atoms with Gasteiger partial charge in [-0.3, -0.25) is 4.79 Å². The van der Waals surface area contributed by atoms with Crippen LogP contribution in [-0.2, 0) is 4.79 Å². The van der Waals surface area contributed by atoms with E-state index in [1.807, 2.05) is 0 Å². The third-order valence-electron chi connectivity index (χ3n) is 3.99. The van der Waals surface area contributed by atoms with Crippen LogP contribution >= 0.6 is 0 Å². The highest BCUT2D eigenvalue weighted by Crippen LogP contribution is 2.14. The molecule has 1 saturated heterocycles. The van der Waals surface area contributed by atoms with Crippen LogP contribution in [0.2, 0.25) is 0 Å². The van der Waals surface area contributed by atoms with E-state index >= 15 is 0 Å². The molecular formula is C16H23F2N2O+. The minimum absolute atomic E-state index is 0.153. The number of rotatable bonds is 4. The number of carbonyl (C=O) groups is 1. The number of likely N-dealkylation sites (tertiary alicyclic amines) is 1. The first kappa shape index (κ1) is 15.9. The topological polar surface area (TPSA) is 33.5 Å². The zero-order chi connectivity index (χ0) is 15.4. The Kier molecular flexibility index (Phi) is 5.28. The molecule has 3 nitrogen and oxygen atoms in total. The molecule has 5 heteroatoms. The fourth-order valence-corrected chi connectivity index (χ4v) is 3.21. The molecule has 3 atom stereocenters. The number of quaternary nitrogens is 1. The van der Waals surface area contributed by atoms with E-state index in [2.05, 4.69) is 19.2 Å². The van der Waals surface area contributed by atoms with E-state index in [9.17, 15) is 13.6 Å². The van der Waals surface area contributed by atoms with Gasteiger partial charge in [0.05, 0.1) is 26.1 Å². The second-order valence-corrected chi connectivity index (χ2v) is 6.28. The van der Waals surface area contributed by atoms with E-state index in [-0.39, 0.29) is 5.91 Å². The van der Waals surface area contributed by atoms with Gasteiger partial charge in [0.2, 0.25) is 5.91 Å². The number of carbonyl (C=O) groups excluding carboxylic acids is 1. The summed E-state index contributed by atoms with van der Waals surface area (Å²) in [5.41, 5.74) is 0.300. The Morgan fingerprint density at radius 1 is 1.24 bits per heavy atom. The summed E-state index contributed by atoms with van der Waals surface area (Å²) in [7, 11) is 0. The molecule has 1 aromatic carbocycles. The molecule has 1 unspecified atom stereocenters. The van der Waals surface area contributed by atoms with Crippen molar-refractivity contribution in [3.63, 3.8) is 0 Å². The molecule has 0 bridgehead atoms. The molecule has 2 rings (SSSR count). The average Bonchev–Trinajstić information content (AvgIpc) is 2.40. The molecule has 0 spiro atoms. The van der Waals surface area contributed by atoms with Crippen LogP contribution in [0.3, 0.4) is 0 Å². The molecule has 1 aliphatic heterocycles. The predicted molar refractivity (Wildman–Crippen MR) is 78.1 cm³/mol. The molecular weight excluding hydrogens is 274 g/mol. The van der Waals surface area contributed by atoms with Gasteiger partial charge in [0.15, 0.2) is 11.6 Å². The fraction of sp³-hybridized carbons (Fsp3) is 0.562. The monoisotopic (exact) mass is 297 g/mol. The maximum Gasteiger partial charge on any atom is 0.230 e. The molecule has 116 valence electrons. The van der Waals surface area contributed by atoms with Crippen molar-refractivity contribution in [2.75, 3.05) is 25.0 Å². The molecule has 1 amide bonds. The van der Waals surface area contributed by atoms with Gasteiger partial charge < -0.3 is 10.2 Å². The summed E-state index contributed by atoms with van der Waals surface area (Å²) in [6.45, 7) is 7.48. The predicted octanol–water partition coefficient (Wildman–Crippen LogP) is 1.85. The lowest BCUT2D eigenvalue weighted by Gasteiger charge is -2.31. The van der Waals surface area contributed by atoms with Crippen LogP contribution in [0.1, 0.15) is 26.7 Å². The van der Waals surface area contributed by atoms with E-state index in [0.717, 1.165) is 31.8 Å². The van der Waals surface area contributed by atoms with Crippen LogP contribution in [0.25, 0.3) is 0 Å². The maximum atomic E-state index is 13.1. The lowest BCUT2D eigenvalue weighted by atomic mass is 9.92. The minimum Gasteiger partial charge on any atom is -0.334 e. The average molecular weight is 297 g/mol. The molecule has 0 aliphatic carbocycles. The largest absolute Gasteiger partial charge is 0.334 e. The van der Waals surface area contributed by atoms with Crippen molar-refractivity contribution in [2.45, 2.75) is 26.7 Å². The van der Waals surface area contributed by atoms with Gasteiger partial charge in [-0.2, -0.15) is 0 Å². The van der Waals surface area contributed by atoms with Crippen LogP contribution in [0.4, 0.5) is 14.5 Å². The number of hydrogen-bond donors (Lipinski definition) is 2. The zero-order valence-corrected chi connectivity index (χ0v) is 12.6. The summed E-state index contributed by atoms with van der Waals surface area (Å²) in [6.07, 6.45) is 1.65. The van der Waals surface area contributed by atoms with Crippen LogP contribution in [0, 0.1) is 23.5 Å². The van der Waals surface area contributed by atoms with Crippen molar-refractivity contribution in [3.05, 3.63) is 29.8 Å². The number of anilines is 1. The normalized spacial score (nSPS) is 25.6. The van der Waals surface area contributed by atoms with Gasteiger partial charge in [-0.25, -0.2) is 8.78 Å². The van der Waals surface area contributed by atoms with Crippen molar-refractivity contribution in [3.8, 4) is 0 Å². The zero-order valence-electron chi connectivity index (χ0n) is 12.6. The number of halogens is 2. The van der Waals surface area contributed by atoms with Crippen molar-refractivity contribution in [1.29, 1.82) is 0 Å². The summed E-state index contributed by atoms with van der Waals surface area (Å²) >= 11 is 0. The van der Waals surface area contributed by atoms with Gasteiger partial charge in [0.25, 0.3) is 0 Å². The van der Waals surface area contributed by atoms with Gasteiger partial charge in [0, 0.05) is 23.6 Å². The Bertz CT molecular complexity index is 497. The highest BCUT2D eigenvalue weighted by Gasteiger charge is 2.25. The molecule has 1 fully saturated rings. The Morgan fingerprint density at radius 2 is 1.90 bits per heavy atom. The molecule has 1 aliphatic rings. The third kappa shape index (κ3) is 4.77. The Balaban J connectivity index is 1.80. The van der Waals surface area contributed by atoms with Crippen LogP contribution < -0.4 is 10.2 Å². The number of piperidine rings is 1. The molecule has 0 saturated carbocycles. The summed E-state index contributed by atoms with van der Waals surface area (Å²) < 4.78 is 25.9. The summed E-state index contributed by atoms with van der Waals surface area (Å²) in [6, 6.07) is 3.39. The van der Waals surface area contributed by atoms with Crippen molar-refractivity contribution in [2.24, 2.45) is 11.8 Å². The van der Waals surface area contributed by atoms with Gasteiger partial charge in [0.1, 0.15) is 0 Å². The van der Waals surface area contributed by atoms with E-state index in [4.69, 9.17) is 0 Å². The number of hydrogen-bond acceptors (Lipinski definition) is 1. The van der Waals surface area contributed by atoms with E-state index in [1.54, 1.807) is 0 Å². The molecule has 1 heterocycles. The first-order valence-electron chi connectivity index (χ1n) is 7.52. The fourth-order valence-electron chi connectivity index (χ4n) is 3.21. The second kappa shape index (κ2) is 6.98. The van der Waals surface area contributed by atoms with E-state index < -0.39 is 11.6 Å². The van der Waals surface area contributed by atoms with Crippen molar-refractivity contribution in [1.82, 2.24) is 0 Å². The SMILES string of the molecule is C[C@@H]1C[C@H](C)C[NH+](CCC(=O)Nc2ccc(F)c(F)c2)C1. The van der Waals surface area contributed by atoms with Crippen molar-refractivity contribution < 1.29 is 18.5 Å². The minimum atomic E-state index is -0.947. The van der Waals surface area contributed by atoms with Crippen LogP contribution in [0.15, 0.2) is 18.2 Å². The standard InChI is InChI=1S/C16H22F2N2O/c1-11-7-12(2)10-20(9-11)6-5-16(21)19-13-3-4-14(17)15(18)8-13/h3-4,8,11-12H,5-7,9-10H2,1-2H3,(H,19,21)/p+1/t11-,12+. The summed E-state index contributed by atoms with van der Waals surface area (Å²) in [4.78, 5) is 13.3. The first-order valence-corrected chi connectivity index (χ1v) is 7.52. The lowest BCUT2D eigenvalue weighted by molar-refractivity contribution is -0.911. The summed E-state index contributed by atoms with van der Waals surface area (Å²) in [5.74, 6) is -0.624. The molecule has 2 N–H and O–H groups in total.